The summed E-state index contributed by atoms with van der Waals surface area (Å²) in [6.45, 7) is 4.37. The van der Waals surface area contributed by atoms with E-state index in [0.29, 0.717) is 5.92 Å². The van der Waals surface area contributed by atoms with Gasteiger partial charge in [0.1, 0.15) is 5.69 Å². The van der Waals surface area contributed by atoms with Crippen LogP contribution in [-0.2, 0) is 7.05 Å². The van der Waals surface area contributed by atoms with Crippen LogP contribution in [0.1, 0.15) is 25.3 Å². The zero-order valence-electron chi connectivity index (χ0n) is 9.94. The molecule has 16 heavy (non-hydrogen) atoms. The second-order valence-electron chi connectivity index (χ2n) is 4.38. The smallest absolute Gasteiger partial charge is 0.115 e. The first-order valence-corrected chi connectivity index (χ1v) is 5.47. The topological polar surface area (TPSA) is 43.8 Å². The molecule has 0 amide bonds. The molecule has 2 rings (SSSR count). The van der Waals surface area contributed by atoms with Crippen LogP contribution in [0.25, 0.3) is 11.3 Å². The van der Waals surface area contributed by atoms with Crippen LogP contribution < -0.4 is 5.73 Å². The van der Waals surface area contributed by atoms with E-state index in [0.717, 1.165) is 16.9 Å². The predicted molar refractivity (Wildman–Crippen MR) is 67.1 cm³/mol. The highest BCUT2D eigenvalue weighted by atomic mass is 15.3. The summed E-state index contributed by atoms with van der Waals surface area (Å²) in [5.74, 6) is 0.551. The molecule has 84 valence electrons. The van der Waals surface area contributed by atoms with Crippen molar-refractivity contribution in [2.45, 2.75) is 19.8 Å². The van der Waals surface area contributed by atoms with Gasteiger partial charge in [-0.2, -0.15) is 5.10 Å². The first-order valence-electron chi connectivity index (χ1n) is 5.47. The molecular weight excluding hydrogens is 198 g/mol. The van der Waals surface area contributed by atoms with Crippen molar-refractivity contribution in [3.8, 4) is 11.3 Å². The number of benzene rings is 1. The molecule has 0 aliphatic carbocycles. The first kappa shape index (κ1) is 10.7. The molecule has 0 spiro atoms. The zero-order chi connectivity index (χ0) is 11.7. The van der Waals surface area contributed by atoms with Crippen molar-refractivity contribution in [3.63, 3.8) is 0 Å². The molecule has 0 bridgehead atoms. The lowest BCUT2D eigenvalue weighted by Crippen LogP contribution is -1.90. The minimum absolute atomic E-state index is 0.551. The minimum Gasteiger partial charge on any atom is -0.396 e. The van der Waals surface area contributed by atoms with Gasteiger partial charge in [-0.15, -0.1) is 0 Å². The van der Waals surface area contributed by atoms with E-state index in [2.05, 4.69) is 43.2 Å². The maximum atomic E-state index is 5.89. The van der Waals surface area contributed by atoms with Gasteiger partial charge in [-0.25, -0.2) is 0 Å². The number of hydrogen-bond acceptors (Lipinski definition) is 2. The van der Waals surface area contributed by atoms with Gasteiger partial charge in [0, 0.05) is 18.8 Å². The Morgan fingerprint density at radius 2 is 1.81 bits per heavy atom. The van der Waals surface area contributed by atoms with E-state index in [4.69, 9.17) is 5.73 Å². The van der Waals surface area contributed by atoms with Crippen LogP contribution in [-0.4, -0.2) is 9.78 Å². The van der Waals surface area contributed by atoms with Gasteiger partial charge >= 0.3 is 0 Å². The second-order valence-corrected chi connectivity index (χ2v) is 4.38. The Labute approximate surface area is 95.9 Å². The van der Waals surface area contributed by atoms with Gasteiger partial charge in [-0.1, -0.05) is 38.1 Å². The van der Waals surface area contributed by atoms with Gasteiger partial charge in [0.2, 0.25) is 0 Å². The van der Waals surface area contributed by atoms with Crippen LogP contribution in [0.2, 0.25) is 0 Å². The fourth-order valence-corrected chi connectivity index (χ4v) is 1.76. The molecule has 0 aliphatic heterocycles. The zero-order valence-corrected chi connectivity index (χ0v) is 9.94. The number of anilines is 1. The van der Waals surface area contributed by atoms with Crippen LogP contribution in [0.4, 0.5) is 5.69 Å². The molecule has 1 heterocycles. The van der Waals surface area contributed by atoms with Gasteiger partial charge in [0.05, 0.1) is 5.69 Å². The van der Waals surface area contributed by atoms with Crippen molar-refractivity contribution in [3.05, 3.63) is 36.0 Å². The Morgan fingerprint density at radius 3 is 2.25 bits per heavy atom. The SMILES string of the molecule is CC(C)c1ccc(-c2nn(C)cc2N)cc1. The number of nitrogens with zero attached hydrogens (tertiary/aromatic N) is 2. The summed E-state index contributed by atoms with van der Waals surface area (Å²) in [5, 5.41) is 4.35. The van der Waals surface area contributed by atoms with Gasteiger partial charge in [-0.3, -0.25) is 4.68 Å². The van der Waals surface area contributed by atoms with Crippen molar-refractivity contribution < 1.29 is 0 Å². The van der Waals surface area contributed by atoms with E-state index in [1.54, 1.807) is 4.68 Å². The van der Waals surface area contributed by atoms with Crippen LogP contribution >= 0.6 is 0 Å². The lowest BCUT2D eigenvalue weighted by atomic mass is 10.0. The Hall–Kier alpha value is -1.77. The molecule has 1 aromatic heterocycles. The number of hydrogen-bond donors (Lipinski definition) is 1. The standard InChI is InChI=1S/C13H17N3/c1-9(2)10-4-6-11(7-5-10)13-12(14)8-16(3)15-13/h4-9H,14H2,1-3H3. The quantitative estimate of drug-likeness (QED) is 0.837. The summed E-state index contributed by atoms with van der Waals surface area (Å²) >= 11 is 0. The van der Waals surface area contributed by atoms with Gasteiger partial charge < -0.3 is 5.73 Å². The summed E-state index contributed by atoms with van der Waals surface area (Å²) in [6.07, 6.45) is 1.83. The summed E-state index contributed by atoms with van der Waals surface area (Å²) in [5.41, 5.74) is 9.87. The summed E-state index contributed by atoms with van der Waals surface area (Å²) in [6, 6.07) is 8.42. The highest BCUT2D eigenvalue weighted by Crippen LogP contribution is 2.25. The summed E-state index contributed by atoms with van der Waals surface area (Å²) in [7, 11) is 1.88. The molecule has 0 radical (unpaired) electrons. The third kappa shape index (κ3) is 1.94. The Balaban J connectivity index is 2.38. The number of rotatable bonds is 2. The van der Waals surface area contributed by atoms with Crippen LogP contribution in [0.3, 0.4) is 0 Å². The lowest BCUT2D eigenvalue weighted by molar-refractivity contribution is 0.771. The molecule has 2 aromatic rings. The fraction of sp³-hybridized carbons (Fsp3) is 0.308. The first-order chi connectivity index (χ1) is 7.58. The molecule has 0 saturated carbocycles. The van der Waals surface area contributed by atoms with E-state index >= 15 is 0 Å². The highest BCUT2D eigenvalue weighted by molar-refractivity contribution is 5.72. The molecule has 3 nitrogen and oxygen atoms in total. The van der Waals surface area contributed by atoms with Crippen molar-refractivity contribution >= 4 is 5.69 Å². The summed E-state index contributed by atoms with van der Waals surface area (Å²) in [4.78, 5) is 0. The van der Waals surface area contributed by atoms with E-state index in [9.17, 15) is 0 Å². The van der Waals surface area contributed by atoms with Gasteiger partial charge in [0.15, 0.2) is 0 Å². The predicted octanol–water partition coefficient (Wildman–Crippen LogP) is 2.79. The van der Waals surface area contributed by atoms with Crippen molar-refractivity contribution in [1.29, 1.82) is 0 Å². The largest absolute Gasteiger partial charge is 0.396 e. The normalized spacial score (nSPS) is 11.0. The number of nitrogen functional groups attached to an aromatic ring is 1. The molecule has 0 fully saturated rings. The highest BCUT2D eigenvalue weighted by Gasteiger charge is 2.07. The third-order valence-corrected chi connectivity index (χ3v) is 2.71. The maximum Gasteiger partial charge on any atom is 0.115 e. The Bertz CT molecular complexity index is 480. The van der Waals surface area contributed by atoms with Crippen molar-refractivity contribution in [2.24, 2.45) is 7.05 Å². The van der Waals surface area contributed by atoms with E-state index in [1.165, 1.54) is 5.56 Å². The molecule has 0 saturated heterocycles. The van der Waals surface area contributed by atoms with Crippen molar-refractivity contribution in [1.82, 2.24) is 9.78 Å². The average Bonchev–Trinajstić information content (AvgIpc) is 2.58. The van der Waals surface area contributed by atoms with E-state index < -0.39 is 0 Å². The molecule has 0 aliphatic rings. The van der Waals surface area contributed by atoms with Crippen molar-refractivity contribution in [2.75, 3.05) is 5.73 Å². The van der Waals surface area contributed by atoms with Gasteiger partial charge in [-0.05, 0) is 11.5 Å². The molecule has 0 atom stereocenters. The number of aromatic nitrogens is 2. The third-order valence-electron chi connectivity index (χ3n) is 2.71. The van der Waals surface area contributed by atoms with Crippen LogP contribution in [0, 0.1) is 0 Å². The molecule has 2 N–H and O–H groups in total. The van der Waals surface area contributed by atoms with E-state index in [-0.39, 0.29) is 0 Å². The average molecular weight is 215 g/mol. The minimum atomic E-state index is 0.551. The molecule has 0 unspecified atom stereocenters. The lowest BCUT2D eigenvalue weighted by Gasteiger charge is -2.05. The van der Waals surface area contributed by atoms with Crippen LogP contribution in [0.15, 0.2) is 30.5 Å². The number of nitrogens with two attached hydrogens (primary N) is 1. The number of aryl methyl sites for hydroxylation is 1. The fourth-order valence-electron chi connectivity index (χ4n) is 1.76. The second kappa shape index (κ2) is 4.00. The summed E-state index contributed by atoms with van der Waals surface area (Å²) < 4.78 is 1.74. The van der Waals surface area contributed by atoms with E-state index in [1.807, 2.05) is 13.2 Å². The Kier molecular flexibility index (Phi) is 2.69. The molecule has 3 heteroatoms. The monoisotopic (exact) mass is 215 g/mol. The van der Waals surface area contributed by atoms with Gasteiger partial charge in [0.25, 0.3) is 0 Å². The Morgan fingerprint density at radius 1 is 1.19 bits per heavy atom. The maximum absolute atomic E-state index is 5.89. The molecular formula is C13H17N3. The molecule has 1 aromatic carbocycles. The van der Waals surface area contributed by atoms with Crippen LogP contribution in [0.5, 0.6) is 0 Å².